The van der Waals surface area contributed by atoms with Crippen LogP contribution in [-0.2, 0) is 12.8 Å². The van der Waals surface area contributed by atoms with Gasteiger partial charge in [0, 0.05) is 0 Å². The maximum absolute atomic E-state index is 2.33. The number of aryl methyl sites for hydroxylation is 2. The fraction of sp³-hybridized carbons (Fsp3) is 0.200. The molecule has 1 aromatic rings. The summed E-state index contributed by atoms with van der Waals surface area (Å²) in [4.78, 5) is 0. The van der Waals surface area contributed by atoms with E-state index < -0.39 is 0 Å². The lowest BCUT2D eigenvalue weighted by Crippen LogP contribution is -2.10. The molecular formula is C10H8. The topological polar surface area (TPSA) is 0 Å². The van der Waals surface area contributed by atoms with Gasteiger partial charge >= 0.3 is 0 Å². The molecule has 0 aliphatic heterocycles. The van der Waals surface area contributed by atoms with E-state index in [1.54, 1.807) is 11.1 Å². The highest BCUT2D eigenvalue weighted by molar-refractivity contribution is 5.86. The molecule has 0 bridgehead atoms. The van der Waals surface area contributed by atoms with Crippen molar-refractivity contribution >= 4 is 12.2 Å². The van der Waals surface area contributed by atoms with Crippen LogP contribution in [0.1, 0.15) is 22.3 Å². The van der Waals surface area contributed by atoms with Gasteiger partial charge in [-0.1, -0.05) is 24.3 Å². The Morgan fingerprint density at radius 1 is 0.800 bits per heavy atom. The second kappa shape index (κ2) is 1.34. The van der Waals surface area contributed by atoms with E-state index in [2.05, 4.69) is 24.3 Å². The third kappa shape index (κ3) is 0.397. The first-order valence-electron chi connectivity index (χ1n) is 3.77. The summed E-state index contributed by atoms with van der Waals surface area (Å²) in [6.45, 7) is 0. The SMILES string of the molecule is C1=Cc2cc3c(cc21)CC3. The highest BCUT2D eigenvalue weighted by atomic mass is 14.2. The van der Waals surface area contributed by atoms with Crippen LogP contribution in [0.4, 0.5) is 0 Å². The molecule has 10 heavy (non-hydrogen) atoms. The molecule has 1 aromatic carbocycles. The van der Waals surface area contributed by atoms with Crippen LogP contribution in [0.5, 0.6) is 0 Å². The molecule has 0 radical (unpaired) electrons. The van der Waals surface area contributed by atoms with E-state index in [9.17, 15) is 0 Å². The highest BCUT2D eigenvalue weighted by Gasteiger charge is 2.16. The number of fused-ring (bicyclic) bond motifs is 2. The van der Waals surface area contributed by atoms with Crippen molar-refractivity contribution in [3.05, 3.63) is 34.4 Å². The van der Waals surface area contributed by atoms with Crippen LogP contribution >= 0.6 is 0 Å². The minimum absolute atomic E-state index is 1.30. The first-order chi connectivity index (χ1) is 4.93. The predicted octanol–water partition coefficient (Wildman–Crippen LogP) is 2.27. The molecule has 0 unspecified atom stereocenters. The van der Waals surface area contributed by atoms with Gasteiger partial charge in [0.1, 0.15) is 0 Å². The summed E-state index contributed by atoms with van der Waals surface area (Å²) in [5.74, 6) is 0. The summed E-state index contributed by atoms with van der Waals surface area (Å²) in [5, 5.41) is 0. The molecule has 0 amide bonds. The van der Waals surface area contributed by atoms with Gasteiger partial charge in [-0.3, -0.25) is 0 Å². The third-order valence-corrected chi connectivity index (χ3v) is 2.51. The quantitative estimate of drug-likeness (QED) is 0.510. The molecule has 0 atom stereocenters. The molecule has 0 heteroatoms. The Bertz CT molecular complexity index is 299. The van der Waals surface area contributed by atoms with E-state index in [4.69, 9.17) is 0 Å². The first kappa shape index (κ1) is 4.73. The van der Waals surface area contributed by atoms with Crippen molar-refractivity contribution in [1.29, 1.82) is 0 Å². The zero-order chi connectivity index (χ0) is 6.55. The molecule has 3 rings (SSSR count). The van der Waals surface area contributed by atoms with Gasteiger partial charge in [0.05, 0.1) is 0 Å². The predicted molar refractivity (Wildman–Crippen MR) is 42.8 cm³/mol. The fourth-order valence-electron chi connectivity index (χ4n) is 1.66. The summed E-state index contributed by atoms with van der Waals surface area (Å²) >= 11 is 0. The van der Waals surface area contributed by atoms with Crippen LogP contribution in [0, 0.1) is 0 Å². The number of hydrogen-bond acceptors (Lipinski definition) is 0. The van der Waals surface area contributed by atoms with E-state index >= 15 is 0 Å². The third-order valence-electron chi connectivity index (χ3n) is 2.51. The normalized spacial score (nSPS) is 16.8. The molecule has 0 saturated carbocycles. The number of rotatable bonds is 0. The van der Waals surface area contributed by atoms with Crippen molar-refractivity contribution in [2.24, 2.45) is 0 Å². The van der Waals surface area contributed by atoms with Crippen molar-refractivity contribution in [2.75, 3.05) is 0 Å². The van der Waals surface area contributed by atoms with Crippen molar-refractivity contribution in [2.45, 2.75) is 12.8 Å². The van der Waals surface area contributed by atoms with Crippen LogP contribution in [0.15, 0.2) is 12.1 Å². The molecule has 48 valence electrons. The molecule has 2 aliphatic carbocycles. The van der Waals surface area contributed by atoms with Crippen molar-refractivity contribution < 1.29 is 0 Å². The molecule has 0 aromatic heterocycles. The van der Waals surface area contributed by atoms with Crippen molar-refractivity contribution in [1.82, 2.24) is 0 Å². The van der Waals surface area contributed by atoms with Crippen LogP contribution in [-0.4, -0.2) is 0 Å². The van der Waals surface area contributed by atoms with Gasteiger partial charge in [-0.05, 0) is 35.1 Å². The monoisotopic (exact) mass is 128 g/mol. The Labute approximate surface area is 60.2 Å². The smallest absolute Gasteiger partial charge is 0.0181 e. The molecule has 0 heterocycles. The molecule has 0 fully saturated rings. The van der Waals surface area contributed by atoms with Crippen LogP contribution in [0.25, 0.3) is 12.2 Å². The largest absolute Gasteiger partial charge is 0.0538 e. The average molecular weight is 128 g/mol. The van der Waals surface area contributed by atoms with Crippen LogP contribution < -0.4 is 0 Å². The van der Waals surface area contributed by atoms with Gasteiger partial charge in [0.25, 0.3) is 0 Å². The lowest BCUT2D eigenvalue weighted by molar-refractivity contribution is 0.837. The van der Waals surface area contributed by atoms with E-state index in [1.807, 2.05) is 0 Å². The first-order valence-corrected chi connectivity index (χ1v) is 3.77. The molecule has 0 spiro atoms. The molecule has 2 aliphatic rings. The van der Waals surface area contributed by atoms with Gasteiger partial charge in [-0.15, -0.1) is 0 Å². The van der Waals surface area contributed by atoms with Crippen molar-refractivity contribution in [3.63, 3.8) is 0 Å². The second-order valence-corrected chi connectivity index (χ2v) is 3.08. The lowest BCUT2D eigenvalue weighted by Gasteiger charge is -2.23. The zero-order valence-electron chi connectivity index (χ0n) is 5.72. The van der Waals surface area contributed by atoms with Gasteiger partial charge in [0.15, 0.2) is 0 Å². The van der Waals surface area contributed by atoms with Crippen LogP contribution in [0.2, 0.25) is 0 Å². The Morgan fingerprint density at radius 3 is 1.60 bits per heavy atom. The van der Waals surface area contributed by atoms with Crippen LogP contribution in [0.3, 0.4) is 0 Å². The molecule has 0 saturated heterocycles. The molecular weight excluding hydrogens is 120 g/mol. The average Bonchev–Trinajstić information content (AvgIpc) is 1.82. The zero-order valence-corrected chi connectivity index (χ0v) is 5.72. The van der Waals surface area contributed by atoms with Gasteiger partial charge < -0.3 is 0 Å². The minimum atomic E-state index is 1.30. The highest BCUT2D eigenvalue weighted by Crippen LogP contribution is 2.32. The van der Waals surface area contributed by atoms with E-state index in [1.165, 1.54) is 24.0 Å². The van der Waals surface area contributed by atoms with E-state index in [0.29, 0.717) is 0 Å². The second-order valence-electron chi connectivity index (χ2n) is 3.08. The lowest BCUT2D eigenvalue weighted by atomic mass is 9.82. The van der Waals surface area contributed by atoms with Gasteiger partial charge in [0.2, 0.25) is 0 Å². The standard InChI is InChI=1S/C10H8/c1-2-8-6-10-4-3-9(10)5-7(1)8/h1-2,5-6H,3-4H2. The maximum Gasteiger partial charge on any atom is -0.0181 e. The Hall–Kier alpha value is -1.04. The summed E-state index contributed by atoms with van der Waals surface area (Å²) in [5.41, 5.74) is 6.03. The fourth-order valence-corrected chi connectivity index (χ4v) is 1.66. The number of hydrogen-bond donors (Lipinski definition) is 0. The molecule has 0 nitrogen and oxygen atoms in total. The summed E-state index contributed by atoms with van der Waals surface area (Å²) < 4.78 is 0. The summed E-state index contributed by atoms with van der Waals surface area (Å²) in [6, 6.07) is 4.66. The van der Waals surface area contributed by atoms with Crippen molar-refractivity contribution in [3.8, 4) is 0 Å². The summed E-state index contributed by atoms with van der Waals surface area (Å²) in [6.07, 6.45) is 6.98. The van der Waals surface area contributed by atoms with E-state index in [-0.39, 0.29) is 0 Å². The van der Waals surface area contributed by atoms with E-state index in [0.717, 1.165) is 0 Å². The minimum Gasteiger partial charge on any atom is -0.0538 e. The maximum atomic E-state index is 2.33. The number of benzene rings is 1. The Balaban J connectivity index is 2.33. The summed E-state index contributed by atoms with van der Waals surface area (Å²) in [7, 11) is 0. The molecule has 0 N–H and O–H groups in total. The van der Waals surface area contributed by atoms with Gasteiger partial charge in [-0.25, -0.2) is 0 Å². The van der Waals surface area contributed by atoms with Gasteiger partial charge in [-0.2, -0.15) is 0 Å². The Morgan fingerprint density at radius 2 is 1.30 bits per heavy atom. The Kier molecular flexibility index (Phi) is 0.634.